The summed E-state index contributed by atoms with van der Waals surface area (Å²) in [6, 6.07) is 0. The average molecular weight is 231 g/mol. The lowest BCUT2D eigenvalue weighted by Gasteiger charge is -2.28. The van der Waals surface area contributed by atoms with E-state index in [1.54, 1.807) is 14.2 Å². The normalized spacial score (nSPS) is 14.9. The molecule has 96 valence electrons. The van der Waals surface area contributed by atoms with Gasteiger partial charge in [0.15, 0.2) is 0 Å². The molecule has 1 amide bonds. The second-order valence-electron chi connectivity index (χ2n) is 4.32. The van der Waals surface area contributed by atoms with Gasteiger partial charge in [-0.3, -0.25) is 4.79 Å². The van der Waals surface area contributed by atoms with Crippen molar-refractivity contribution >= 4 is 5.91 Å². The molecule has 16 heavy (non-hydrogen) atoms. The van der Waals surface area contributed by atoms with Gasteiger partial charge in [-0.05, 0) is 19.8 Å². The fourth-order valence-corrected chi connectivity index (χ4v) is 1.57. The van der Waals surface area contributed by atoms with Crippen molar-refractivity contribution in [3.05, 3.63) is 0 Å². The predicted octanol–water partition coefficient (Wildman–Crippen LogP) is 1.59. The van der Waals surface area contributed by atoms with Crippen LogP contribution in [0.5, 0.6) is 0 Å². The van der Waals surface area contributed by atoms with E-state index in [-0.39, 0.29) is 11.8 Å². The molecule has 0 radical (unpaired) electrons. The summed E-state index contributed by atoms with van der Waals surface area (Å²) in [5.41, 5.74) is -0.448. The minimum Gasteiger partial charge on any atom is -0.382 e. The van der Waals surface area contributed by atoms with Gasteiger partial charge >= 0.3 is 0 Å². The summed E-state index contributed by atoms with van der Waals surface area (Å²) in [7, 11) is 3.25. The standard InChI is InChI=1S/C12H25NO3/c1-6-10(7-2)11(14)13-8-12(3,16-5)9-15-4/h10H,6-9H2,1-5H3,(H,13,14). The Morgan fingerprint density at radius 2 is 1.88 bits per heavy atom. The van der Waals surface area contributed by atoms with Crippen molar-refractivity contribution in [3.8, 4) is 0 Å². The van der Waals surface area contributed by atoms with Crippen LogP contribution in [0.4, 0.5) is 0 Å². The largest absolute Gasteiger partial charge is 0.382 e. The summed E-state index contributed by atoms with van der Waals surface area (Å²) >= 11 is 0. The minimum atomic E-state index is -0.448. The smallest absolute Gasteiger partial charge is 0.223 e. The van der Waals surface area contributed by atoms with Gasteiger partial charge in [0, 0.05) is 26.7 Å². The van der Waals surface area contributed by atoms with E-state index in [4.69, 9.17) is 9.47 Å². The Labute approximate surface area is 98.7 Å². The highest BCUT2D eigenvalue weighted by molar-refractivity contribution is 5.78. The summed E-state index contributed by atoms with van der Waals surface area (Å²) in [6.45, 7) is 6.92. The van der Waals surface area contributed by atoms with E-state index in [1.165, 1.54) is 0 Å². The van der Waals surface area contributed by atoms with Gasteiger partial charge in [0.25, 0.3) is 0 Å². The molecule has 1 atom stereocenters. The van der Waals surface area contributed by atoms with Crippen LogP contribution in [0.1, 0.15) is 33.6 Å². The van der Waals surface area contributed by atoms with Gasteiger partial charge in [0.05, 0.1) is 6.61 Å². The third kappa shape index (κ3) is 4.94. The number of amides is 1. The Balaban J connectivity index is 4.15. The maximum atomic E-state index is 11.8. The maximum Gasteiger partial charge on any atom is 0.223 e. The third-order valence-electron chi connectivity index (χ3n) is 2.94. The van der Waals surface area contributed by atoms with Crippen LogP contribution < -0.4 is 5.32 Å². The van der Waals surface area contributed by atoms with Crippen molar-refractivity contribution in [1.29, 1.82) is 0 Å². The molecule has 1 N–H and O–H groups in total. The van der Waals surface area contributed by atoms with Crippen molar-refractivity contribution in [2.45, 2.75) is 39.2 Å². The topological polar surface area (TPSA) is 47.6 Å². The van der Waals surface area contributed by atoms with E-state index in [0.29, 0.717) is 13.2 Å². The third-order valence-corrected chi connectivity index (χ3v) is 2.94. The zero-order valence-corrected chi connectivity index (χ0v) is 11.1. The van der Waals surface area contributed by atoms with E-state index >= 15 is 0 Å². The highest BCUT2D eigenvalue weighted by Crippen LogP contribution is 2.10. The van der Waals surface area contributed by atoms with Crippen molar-refractivity contribution in [2.75, 3.05) is 27.4 Å². The molecule has 0 fully saturated rings. The van der Waals surface area contributed by atoms with Gasteiger partial charge in [-0.25, -0.2) is 0 Å². The van der Waals surface area contributed by atoms with Gasteiger partial charge in [-0.1, -0.05) is 13.8 Å². The number of rotatable bonds is 8. The predicted molar refractivity (Wildman–Crippen MR) is 64.4 cm³/mol. The Hall–Kier alpha value is -0.610. The molecule has 0 aromatic carbocycles. The number of carbonyl (C=O) groups is 1. The van der Waals surface area contributed by atoms with Crippen molar-refractivity contribution in [1.82, 2.24) is 5.32 Å². The summed E-state index contributed by atoms with van der Waals surface area (Å²) in [5.74, 6) is 0.202. The molecule has 0 saturated carbocycles. The lowest BCUT2D eigenvalue weighted by atomic mass is 10.0. The monoisotopic (exact) mass is 231 g/mol. The van der Waals surface area contributed by atoms with Crippen LogP contribution in [0.25, 0.3) is 0 Å². The fourth-order valence-electron chi connectivity index (χ4n) is 1.57. The van der Waals surface area contributed by atoms with E-state index < -0.39 is 5.60 Å². The van der Waals surface area contributed by atoms with Crippen LogP contribution in [0, 0.1) is 5.92 Å². The summed E-state index contributed by atoms with van der Waals surface area (Å²) in [6.07, 6.45) is 1.74. The molecule has 0 spiro atoms. The molecular weight excluding hydrogens is 206 g/mol. The fraction of sp³-hybridized carbons (Fsp3) is 0.917. The van der Waals surface area contributed by atoms with Crippen LogP contribution in [0.15, 0.2) is 0 Å². The first kappa shape index (κ1) is 15.4. The van der Waals surface area contributed by atoms with Gasteiger partial charge < -0.3 is 14.8 Å². The molecule has 4 nitrogen and oxygen atoms in total. The van der Waals surface area contributed by atoms with Crippen LogP contribution in [0.3, 0.4) is 0 Å². The van der Waals surface area contributed by atoms with Crippen molar-refractivity contribution < 1.29 is 14.3 Å². The van der Waals surface area contributed by atoms with Crippen molar-refractivity contribution in [2.24, 2.45) is 5.92 Å². The first-order chi connectivity index (χ1) is 7.52. The highest BCUT2D eigenvalue weighted by Gasteiger charge is 2.25. The number of nitrogens with one attached hydrogen (secondary N) is 1. The van der Waals surface area contributed by atoms with Gasteiger partial charge in [-0.2, -0.15) is 0 Å². The first-order valence-electron chi connectivity index (χ1n) is 5.84. The highest BCUT2D eigenvalue weighted by atomic mass is 16.5. The molecule has 0 aromatic heterocycles. The molecule has 0 heterocycles. The van der Waals surface area contributed by atoms with Crippen LogP contribution >= 0.6 is 0 Å². The summed E-state index contributed by atoms with van der Waals surface area (Å²) in [4.78, 5) is 11.8. The SMILES string of the molecule is CCC(CC)C(=O)NCC(C)(COC)OC. The van der Waals surface area contributed by atoms with Gasteiger partial charge in [-0.15, -0.1) is 0 Å². The lowest BCUT2D eigenvalue weighted by Crippen LogP contribution is -2.46. The van der Waals surface area contributed by atoms with E-state index in [9.17, 15) is 4.79 Å². The summed E-state index contributed by atoms with van der Waals surface area (Å²) in [5, 5.41) is 2.92. The number of hydrogen-bond donors (Lipinski definition) is 1. The van der Waals surface area contributed by atoms with Gasteiger partial charge in [0.2, 0.25) is 5.91 Å². The second kappa shape index (κ2) is 7.63. The number of carbonyl (C=O) groups excluding carboxylic acids is 1. The molecule has 0 aromatic rings. The van der Waals surface area contributed by atoms with Crippen LogP contribution in [-0.2, 0) is 14.3 Å². The molecular formula is C12H25NO3. The molecule has 0 aliphatic rings. The molecule has 0 bridgehead atoms. The molecule has 0 rings (SSSR count). The zero-order chi connectivity index (χ0) is 12.6. The van der Waals surface area contributed by atoms with Crippen LogP contribution in [-0.4, -0.2) is 38.9 Å². The molecule has 1 unspecified atom stereocenters. The van der Waals surface area contributed by atoms with E-state index in [0.717, 1.165) is 12.8 Å². The van der Waals surface area contributed by atoms with Gasteiger partial charge in [0.1, 0.15) is 5.60 Å². The summed E-state index contributed by atoms with van der Waals surface area (Å²) < 4.78 is 10.4. The maximum absolute atomic E-state index is 11.8. The Bertz CT molecular complexity index is 204. The number of hydrogen-bond acceptors (Lipinski definition) is 3. The lowest BCUT2D eigenvalue weighted by molar-refractivity contribution is -0.127. The van der Waals surface area contributed by atoms with Crippen molar-refractivity contribution in [3.63, 3.8) is 0 Å². The molecule has 0 aliphatic heterocycles. The Morgan fingerprint density at radius 1 is 1.31 bits per heavy atom. The molecule has 0 saturated heterocycles. The number of ether oxygens (including phenoxy) is 2. The van der Waals surface area contributed by atoms with E-state index in [2.05, 4.69) is 5.32 Å². The average Bonchev–Trinajstić information content (AvgIpc) is 2.28. The Kier molecular flexibility index (Phi) is 7.34. The minimum absolute atomic E-state index is 0.101. The second-order valence-corrected chi connectivity index (χ2v) is 4.32. The quantitative estimate of drug-likeness (QED) is 0.690. The first-order valence-corrected chi connectivity index (χ1v) is 5.84. The van der Waals surface area contributed by atoms with Crippen LogP contribution in [0.2, 0.25) is 0 Å². The zero-order valence-electron chi connectivity index (χ0n) is 11.1. The molecule has 0 aliphatic carbocycles. The van der Waals surface area contributed by atoms with E-state index in [1.807, 2.05) is 20.8 Å². The number of methoxy groups -OCH3 is 2. The molecule has 4 heteroatoms. The Morgan fingerprint density at radius 3 is 2.25 bits per heavy atom.